The zero-order chi connectivity index (χ0) is 21.9. The van der Waals surface area contributed by atoms with Gasteiger partial charge in [0.1, 0.15) is 0 Å². The minimum atomic E-state index is -2.40. The molecule has 2 aromatic carbocycles. The van der Waals surface area contributed by atoms with Crippen LogP contribution in [0.2, 0.25) is 5.04 Å². The molecule has 0 heterocycles. The Hall–Kier alpha value is -1.90. The molecule has 0 bridgehead atoms. The van der Waals surface area contributed by atoms with Gasteiger partial charge in [0.15, 0.2) is 0 Å². The number of unbranched alkanes of at least 4 members (excludes halogenated alkanes) is 2. The van der Waals surface area contributed by atoms with Crippen LogP contribution >= 0.6 is 0 Å². The van der Waals surface area contributed by atoms with Gasteiger partial charge in [-0.1, -0.05) is 126 Å². The normalized spacial score (nSPS) is 12.4. The summed E-state index contributed by atoms with van der Waals surface area (Å²) in [6, 6.07) is 21.7. The molecular weight excluding hydrogens is 380 g/mol. The van der Waals surface area contributed by atoms with Crippen molar-refractivity contribution in [3.8, 4) is 0 Å². The zero-order valence-electron chi connectivity index (χ0n) is 19.5. The van der Waals surface area contributed by atoms with E-state index in [-0.39, 0.29) is 5.04 Å². The molecule has 2 rings (SSSR count). The molecule has 2 heteroatoms. The van der Waals surface area contributed by atoms with Crippen LogP contribution in [0.4, 0.5) is 0 Å². The minimum Gasteiger partial charge on any atom is -0.407 e. The lowest BCUT2D eigenvalue weighted by Gasteiger charge is -2.43. The monoisotopic (exact) mass is 420 g/mol. The van der Waals surface area contributed by atoms with Crippen LogP contribution in [0.1, 0.15) is 66.2 Å². The summed E-state index contributed by atoms with van der Waals surface area (Å²) in [6.45, 7) is 14.2. The van der Waals surface area contributed by atoms with Gasteiger partial charge in [0.2, 0.25) is 0 Å². The SMILES string of the molecule is C=C(C/C=C/CCO[Si](c1ccccc1)(c1ccccc1)C(C)(C)C)CCCCC. The average molecular weight is 421 g/mol. The maximum Gasteiger partial charge on any atom is 0.261 e. The number of benzene rings is 2. The highest BCUT2D eigenvalue weighted by Crippen LogP contribution is 2.36. The summed E-state index contributed by atoms with van der Waals surface area (Å²) >= 11 is 0. The Bertz CT molecular complexity index is 732. The number of rotatable bonds is 12. The fourth-order valence-electron chi connectivity index (χ4n) is 4.14. The van der Waals surface area contributed by atoms with E-state index in [0.29, 0.717) is 0 Å². The van der Waals surface area contributed by atoms with Gasteiger partial charge in [-0.05, 0) is 41.1 Å². The highest BCUT2D eigenvalue weighted by molar-refractivity contribution is 6.99. The van der Waals surface area contributed by atoms with Gasteiger partial charge < -0.3 is 4.43 Å². The Labute approximate surface area is 186 Å². The summed E-state index contributed by atoms with van der Waals surface area (Å²) in [5.74, 6) is 0. The Kier molecular flexibility index (Phi) is 9.81. The molecule has 1 nitrogen and oxygen atoms in total. The molecule has 30 heavy (non-hydrogen) atoms. The lowest BCUT2D eigenvalue weighted by molar-refractivity contribution is 0.304. The van der Waals surface area contributed by atoms with Crippen molar-refractivity contribution in [3.63, 3.8) is 0 Å². The molecule has 0 saturated carbocycles. The van der Waals surface area contributed by atoms with Crippen molar-refractivity contribution in [1.82, 2.24) is 0 Å². The van der Waals surface area contributed by atoms with Gasteiger partial charge in [-0.15, -0.1) is 0 Å². The second-order valence-electron chi connectivity index (χ2n) is 9.18. The van der Waals surface area contributed by atoms with Crippen molar-refractivity contribution in [2.45, 2.75) is 71.3 Å². The fourth-order valence-corrected chi connectivity index (χ4v) is 8.72. The van der Waals surface area contributed by atoms with Crippen LogP contribution in [-0.2, 0) is 4.43 Å². The Morgan fingerprint density at radius 1 is 0.900 bits per heavy atom. The third-order valence-electron chi connectivity index (χ3n) is 5.73. The molecule has 2 aromatic rings. The van der Waals surface area contributed by atoms with Gasteiger partial charge in [0.05, 0.1) is 0 Å². The number of hydrogen-bond acceptors (Lipinski definition) is 1. The summed E-state index contributed by atoms with van der Waals surface area (Å²) in [5.41, 5.74) is 1.34. The standard InChI is InChI=1S/C28H40OSi/c1-6-7-11-18-25(2)19-12-10-17-24-29-30(28(3,4)5,26-20-13-8-14-21-26)27-22-15-9-16-23-27/h8-10,12-16,20-23H,2,6-7,11,17-19,24H2,1,3-5H3/b12-10+. The average Bonchev–Trinajstić information content (AvgIpc) is 2.74. The predicted molar refractivity (Wildman–Crippen MR) is 135 cm³/mol. The van der Waals surface area contributed by atoms with Crippen LogP contribution in [0, 0.1) is 0 Å². The maximum absolute atomic E-state index is 6.92. The van der Waals surface area contributed by atoms with Crippen molar-refractivity contribution in [2.75, 3.05) is 6.61 Å². The van der Waals surface area contributed by atoms with E-state index in [2.05, 4.69) is 107 Å². The van der Waals surface area contributed by atoms with Crippen molar-refractivity contribution in [3.05, 3.63) is 85.0 Å². The van der Waals surface area contributed by atoms with E-state index in [1.165, 1.54) is 35.2 Å². The molecule has 0 aromatic heterocycles. The maximum atomic E-state index is 6.92. The number of hydrogen-bond donors (Lipinski definition) is 0. The van der Waals surface area contributed by atoms with Gasteiger partial charge in [-0.3, -0.25) is 0 Å². The molecule has 0 unspecified atom stereocenters. The molecule has 0 radical (unpaired) electrons. The van der Waals surface area contributed by atoms with Crippen LogP contribution in [0.3, 0.4) is 0 Å². The van der Waals surface area contributed by atoms with Crippen molar-refractivity contribution in [1.29, 1.82) is 0 Å². The van der Waals surface area contributed by atoms with E-state index in [9.17, 15) is 0 Å². The second kappa shape index (κ2) is 12.1. The summed E-state index contributed by atoms with van der Waals surface area (Å²) in [7, 11) is -2.40. The molecule has 0 saturated heterocycles. The Morgan fingerprint density at radius 2 is 1.47 bits per heavy atom. The fraction of sp³-hybridized carbons (Fsp3) is 0.429. The molecule has 0 atom stereocenters. The molecule has 0 aliphatic carbocycles. The quantitative estimate of drug-likeness (QED) is 0.203. The van der Waals surface area contributed by atoms with Gasteiger partial charge in [0, 0.05) is 6.61 Å². The Morgan fingerprint density at radius 3 is 1.97 bits per heavy atom. The summed E-state index contributed by atoms with van der Waals surface area (Å²) in [4.78, 5) is 0. The van der Waals surface area contributed by atoms with Crippen LogP contribution in [0.5, 0.6) is 0 Å². The van der Waals surface area contributed by atoms with Crippen LogP contribution in [0.15, 0.2) is 85.0 Å². The third-order valence-corrected chi connectivity index (χ3v) is 10.8. The molecule has 0 spiro atoms. The molecule has 0 fully saturated rings. The van der Waals surface area contributed by atoms with Gasteiger partial charge in [-0.25, -0.2) is 0 Å². The molecule has 162 valence electrons. The van der Waals surface area contributed by atoms with E-state index in [1.54, 1.807) is 0 Å². The highest BCUT2D eigenvalue weighted by Gasteiger charge is 2.49. The number of allylic oxidation sites excluding steroid dienone is 2. The zero-order valence-corrected chi connectivity index (χ0v) is 20.5. The van der Waals surface area contributed by atoms with Gasteiger partial charge in [0.25, 0.3) is 8.32 Å². The summed E-state index contributed by atoms with van der Waals surface area (Å²) < 4.78 is 6.92. The predicted octanol–water partition coefficient (Wildman–Crippen LogP) is 7.04. The second-order valence-corrected chi connectivity index (χ2v) is 13.5. The van der Waals surface area contributed by atoms with E-state index in [0.717, 1.165) is 25.9 Å². The van der Waals surface area contributed by atoms with Crippen molar-refractivity contribution in [2.24, 2.45) is 0 Å². The molecule has 0 aliphatic rings. The first kappa shape index (κ1) is 24.4. The van der Waals surface area contributed by atoms with E-state index < -0.39 is 8.32 Å². The van der Waals surface area contributed by atoms with Crippen LogP contribution < -0.4 is 10.4 Å². The minimum absolute atomic E-state index is 0.0347. The van der Waals surface area contributed by atoms with Crippen molar-refractivity contribution >= 4 is 18.7 Å². The lowest BCUT2D eigenvalue weighted by atomic mass is 10.1. The van der Waals surface area contributed by atoms with Gasteiger partial charge in [-0.2, -0.15) is 0 Å². The smallest absolute Gasteiger partial charge is 0.261 e. The lowest BCUT2D eigenvalue weighted by Crippen LogP contribution is -2.66. The first-order valence-corrected chi connectivity index (χ1v) is 13.4. The van der Waals surface area contributed by atoms with E-state index in [4.69, 9.17) is 4.43 Å². The van der Waals surface area contributed by atoms with Crippen LogP contribution in [0.25, 0.3) is 0 Å². The van der Waals surface area contributed by atoms with Crippen LogP contribution in [-0.4, -0.2) is 14.9 Å². The molecule has 0 N–H and O–H groups in total. The van der Waals surface area contributed by atoms with Gasteiger partial charge >= 0.3 is 0 Å². The molecular formula is C28H40OSi. The largest absolute Gasteiger partial charge is 0.407 e. The first-order chi connectivity index (χ1) is 14.4. The van der Waals surface area contributed by atoms with E-state index in [1.807, 2.05) is 0 Å². The molecule has 0 aliphatic heterocycles. The summed E-state index contributed by atoms with van der Waals surface area (Å²) in [6.07, 6.45) is 11.4. The first-order valence-electron chi connectivity index (χ1n) is 11.5. The van der Waals surface area contributed by atoms with E-state index >= 15 is 0 Å². The molecule has 0 amide bonds. The Balaban J connectivity index is 2.10. The highest BCUT2D eigenvalue weighted by atomic mass is 28.4. The van der Waals surface area contributed by atoms with Crippen molar-refractivity contribution < 1.29 is 4.43 Å². The topological polar surface area (TPSA) is 9.23 Å². The summed E-state index contributed by atoms with van der Waals surface area (Å²) in [5, 5.41) is 2.72. The third kappa shape index (κ3) is 6.55.